The number of anilines is 1. The molecule has 0 spiro atoms. The minimum Gasteiger partial charge on any atom is -0.456 e. The first-order valence-corrected chi connectivity index (χ1v) is 8.29. The van der Waals surface area contributed by atoms with Crippen LogP contribution < -0.4 is 5.32 Å². The monoisotopic (exact) mass is 339 g/mol. The molecule has 0 aromatic heterocycles. The van der Waals surface area contributed by atoms with Crippen molar-refractivity contribution >= 4 is 29.2 Å². The maximum atomic E-state index is 12.9. The molecule has 1 amide bonds. The summed E-state index contributed by atoms with van der Waals surface area (Å²) in [7, 11) is 0. The molecule has 3 atom stereocenters. The number of ether oxygens (including phenoxy) is 1. The predicted octanol–water partition coefficient (Wildman–Crippen LogP) is 3.79. The molecule has 1 N–H and O–H groups in total. The molecule has 3 rings (SSSR count). The average Bonchev–Trinajstić information content (AvgIpc) is 3.11. The van der Waals surface area contributed by atoms with Crippen LogP contribution in [-0.4, -0.2) is 18.5 Å². The van der Waals surface area contributed by atoms with Crippen LogP contribution >= 0.6 is 11.6 Å². The topological polar surface area (TPSA) is 55.4 Å². The standard InChI is InChI=1S/C17H19ClFNO3/c18-14-8-13(19)3-4-15(14)20-16(21)9-23-17(22)7-12-6-10-1-2-11(12)5-10/h3-4,8,10-12H,1-2,5-7,9H2,(H,20,21)/t10-,11+,12+/m1/s1. The van der Waals surface area contributed by atoms with Crippen molar-refractivity contribution in [3.05, 3.63) is 29.0 Å². The van der Waals surface area contributed by atoms with Crippen LogP contribution in [0.15, 0.2) is 18.2 Å². The number of nitrogens with one attached hydrogen (secondary N) is 1. The summed E-state index contributed by atoms with van der Waals surface area (Å²) in [6.07, 6.45) is 5.24. The number of amides is 1. The van der Waals surface area contributed by atoms with E-state index in [1.54, 1.807) is 0 Å². The molecule has 2 aliphatic carbocycles. The van der Waals surface area contributed by atoms with Gasteiger partial charge < -0.3 is 10.1 Å². The molecule has 4 nitrogen and oxygen atoms in total. The average molecular weight is 340 g/mol. The smallest absolute Gasteiger partial charge is 0.306 e. The van der Waals surface area contributed by atoms with Gasteiger partial charge in [0.1, 0.15) is 5.82 Å². The Morgan fingerprint density at radius 2 is 2.13 bits per heavy atom. The van der Waals surface area contributed by atoms with E-state index in [9.17, 15) is 14.0 Å². The summed E-state index contributed by atoms with van der Waals surface area (Å²) in [6, 6.07) is 3.67. The fourth-order valence-electron chi connectivity index (χ4n) is 3.82. The van der Waals surface area contributed by atoms with E-state index in [1.807, 2.05) is 0 Å². The van der Waals surface area contributed by atoms with E-state index >= 15 is 0 Å². The van der Waals surface area contributed by atoms with Crippen molar-refractivity contribution in [3.8, 4) is 0 Å². The highest BCUT2D eigenvalue weighted by atomic mass is 35.5. The van der Waals surface area contributed by atoms with Gasteiger partial charge >= 0.3 is 5.97 Å². The molecule has 0 radical (unpaired) electrons. The molecule has 124 valence electrons. The zero-order valence-electron chi connectivity index (χ0n) is 12.7. The van der Waals surface area contributed by atoms with Crippen molar-refractivity contribution in [2.24, 2.45) is 17.8 Å². The van der Waals surface area contributed by atoms with Crippen LogP contribution in [0.5, 0.6) is 0 Å². The van der Waals surface area contributed by atoms with Gasteiger partial charge in [0.25, 0.3) is 5.91 Å². The number of esters is 1. The van der Waals surface area contributed by atoms with E-state index in [4.69, 9.17) is 16.3 Å². The van der Waals surface area contributed by atoms with Gasteiger partial charge in [0.05, 0.1) is 10.7 Å². The molecule has 0 heterocycles. The molecule has 0 aliphatic heterocycles. The summed E-state index contributed by atoms with van der Waals surface area (Å²) in [4.78, 5) is 23.6. The van der Waals surface area contributed by atoms with E-state index in [2.05, 4.69) is 5.32 Å². The van der Waals surface area contributed by atoms with E-state index in [0.717, 1.165) is 18.4 Å². The number of carbonyl (C=O) groups excluding carboxylic acids is 2. The Bertz CT molecular complexity index is 622. The minimum absolute atomic E-state index is 0.103. The van der Waals surface area contributed by atoms with Gasteiger partial charge in [-0.3, -0.25) is 9.59 Å². The third-order valence-corrected chi connectivity index (χ3v) is 5.20. The number of hydrogen-bond acceptors (Lipinski definition) is 3. The predicted molar refractivity (Wildman–Crippen MR) is 84.6 cm³/mol. The number of carbonyl (C=O) groups is 2. The molecule has 1 aromatic carbocycles. The van der Waals surface area contributed by atoms with Crippen LogP contribution in [0, 0.1) is 23.6 Å². The third kappa shape index (κ3) is 4.02. The van der Waals surface area contributed by atoms with Crippen LogP contribution in [0.3, 0.4) is 0 Å². The summed E-state index contributed by atoms with van der Waals surface area (Å²) in [5, 5.41) is 2.60. The molecular weight excluding hydrogens is 321 g/mol. The van der Waals surface area contributed by atoms with Crippen LogP contribution in [0.2, 0.25) is 5.02 Å². The van der Waals surface area contributed by atoms with Crippen molar-refractivity contribution in [1.82, 2.24) is 0 Å². The first-order valence-electron chi connectivity index (χ1n) is 7.92. The maximum Gasteiger partial charge on any atom is 0.306 e. The molecule has 1 aromatic rings. The molecule has 2 saturated carbocycles. The summed E-state index contributed by atoms with van der Waals surface area (Å²) < 4.78 is 18.0. The second-order valence-corrected chi connectivity index (χ2v) is 6.88. The minimum atomic E-state index is -0.486. The third-order valence-electron chi connectivity index (χ3n) is 4.88. The second-order valence-electron chi connectivity index (χ2n) is 6.47. The summed E-state index contributed by atoms with van der Waals surface area (Å²) in [5.74, 6) is 0.546. The van der Waals surface area contributed by atoms with E-state index in [0.29, 0.717) is 23.9 Å². The molecule has 2 bridgehead atoms. The van der Waals surface area contributed by atoms with Gasteiger partial charge in [-0.1, -0.05) is 18.0 Å². The molecular formula is C17H19ClFNO3. The van der Waals surface area contributed by atoms with Crippen molar-refractivity contribution in [1.29, 1.82) is 0 Å². The van der Waals surface area contributed by atoms with Crippen molar-refractivity contribution < 1.29 is 18.7 Å². The van der Waals surface area contributed by atoms with E-state index < -0.39 is 11.7 Å². The quantitative estimate of drug-likeness (QED) is 0.830. The van der Waals surface area contributed by atoms with Crippen LogP contribution in [0.1, 0.15) is 32.1 Å². The largest absolute Gasteiger partial charge is 0.456 e. The van der Waals surface area contributed by atoms with Gasteiger partial charge in [0.15, 0.2) is 6.61 Å². The van der Waals surface area contributed by atoms with Crippen molar-refractivity contribution in [2.45, 2.75) is 32.1 Å². The van der Waals surface area contributed by atoms with Crippen molar-refractivity contribution in [3.63, 3.8) is 0 Å². The fourth-order valence-corrected chi connectivity index (χ4v) is 4.04. The number of benzene rings is 1. The Morgan fingerprint density at radius 1 is 1.30 bits per heavy atom. The van der Waals surface area contributed by atoms with Crippen LogP contribution in [0.4, 0.5) is 10.1 Å². The SMILES string of the molecule is O=C(COC(=O)C[C@@H]1C[C@@H]2CC[C@H]1C2)Nc1ccc(F)cc1Cl. The lowest BCUT2D eigenvalue weighted by atomic mass is 9.86. The molecule has 2 fully saturated rings. The van der Waals surface area contributed by atoms with Gasteiger partial charge in [0.2, 0.25) is 0 Å². The van der Waals surface area contributed by atoms with E-state index in [1.165, 1.54) is 31.4 Å². The van der Waals surface area contributed by atoms with Gasteiger partial charge in [0, 0.05) is 6.42 Å². The van der Waals surface area contributed by atoms with Crippen LogP contribution in [0.25, 0.3) is 0 Å². The fraction of sp³-hybridized carbons (Fsp3) is 0.529. The van der Waals surface area contributed by atoms with Gasteiger partial charge in [-0.05, 0) is 55.2 Å². The molecule has 0 saturated heterocycles. The molecule has 23 heavy (non-hydrogen) atoms. The first kappa shape index (κ1) is 16.2. The maximum absolute atomic E-state index is 12.9. The first-order chi connectivity index (χ1) is 11.0. The lowest BCUT2D eigenvalue weighted by molar-refractivity contribution is -0.148. The zero-order chi connectivity index (χ0) is 16.4. The number of halogens is 2. The Labute approximate surface area is 139 Å². The van der Waals surface area contributed by atoms with Gasteiger partial charge in [-0.15, -0.1) is 0 Å². The molecule has 2 aliphatic rings. The van der Waals surface area contributed by atoms with Gasteiger partial charge in [-0.25, -0.2) is 4.39 Å². The lowest BCUT2D eigenvalue weighted by Gasteiger charge is -2.20. The Morgan fingerprint density at radius 3 is 2.78 bits per heavy atom. The highest BCUT2D eigenvalue weighted by Gasteiger charge is 2.40. The number of rotatable bonds is 5. The Hall–Kier alpha value is -1.62. The highest BCUT2D eigenvalue weighted by Crippen LogP contribution is 2.49. The van der Waals surface area contributed by atoms with Crippen molar-refractivity contribution in [2.75, 3.05) is 11.9 Å². The van der Waals surface area contributed by atoms with Crippen LogP contribution in [-0.2, 0) is 14.3 Å². The Balaban J connectivity index is 1.42. The number of hydrogen-bond donors (Lipinski definition) is 1. The second kappa shape index (κ2) is 6.87. The molecule has 6 heteroatoms. The normalized spacial score (nSPS) is 25.4. The highest BCUT2D eigenvalue weighted by molar-refractivity contribution is 6.33. The van der Waals surface area contributed by atoms with E-state index in [-0.39, 0.29) is 17.6 Å². The van der Waals surface area contributed by atoms with Gasteiger partial charge in [-0.2, -0.15) is 0 Å². The molecule has 0 unspecified atom stereocenters. The number of fused-ring (bicyclic) bond motifs is 2. The lowest BCUT2D eigenvalue weighted by Crippen LogP contribution is -2.23. The Kier molecular flexibility index (Phi) is 4.85. The summed E-state index contributed by atoms with van der Waals surface area (Å²) >= 11 is 5.82. The summed E-state index contributed by atoms with van der Waals surface area (Å²) in [6.45, 7) is -0.354. The summed E-state index contributed by atoms with van der Waals surface area (Å²) in [5.41, 5.74) is 0.294. The zero-order valence-corrected chi connectivity index (χ0v) is 13.4.